The quantitative estimate of drug-likeness (QED) is 0.826. The number of carbonyl (C=O) groups excluding carboxylic acids is 1. The van der Waals surface area contributed by atoms with Crippen LogP contribution in [0.25, 0.3) is 0 Å². The monoisotopic (exact) mass is 303 g/mol. The Morgan fingerprint density at radius 1 is 1.19 bits per heavy atom. The molecule has 0 bridgehead atoms. The smallest absolute Gasteiger partial charge is 0.252 e. The molecule has 0 aromatic heterocycles. The van der Waals surface area contributed by atoms with Crippen LogP contribution in [0.3, 0.4) is 0 Å². The molecular weight excluding hydrogens is 286 g/mol. The van der Waals surface area contributed by atoms with Crippen molar-refractivity contribution < 1.29 is 9.53 Å². The summed E-state index contributed by atoms with van der Waals surface area (Å²) in [5, 5.41) is 3.36. The largest absolute Gasteiger partial charge is 0.497 e. The SMILES string of the molecule is COc1cccc(CCCNC(=O)c2ccccc2Cl)c1. The molecule has 2 aromatic carbocycles. The molecule has 0 aliphatic rings. The van der Waals surface area contributed by atoms with Gasteiger partial charge in [0, 0.05) is 6.54 Å². The Morgan fingerprint density at radius 2 is 2.00 bits per heavy atom. The van der Waals surface area contributed by atoms with E-state index in [0.29, 0.717) is 17.1 Å². The highest BCUT2D eigenvalue weighted by atomic mass is 35.5. The van der Waals surface area contributed by atoms with Crippen LogP contribution in [-0.2, 0) is 6.42 Å². The lowest BCUT2D eigenvalue weighted by Gasteiger charge is -2.07. The average Bonchev–Trinajstić information content (AvgIpc) is 2.52. The molecule has 0 fully saturated rings. The minimum atomic E-state index is -0.133. The molecule has 0 saturated heterocycles. The van der Waals surface area contributed by atoms with E-state index >= 15 is 0 Å². The van der Waals surface area contributed by atoms with Crippen molar-refractivity contribution in [3.63, 3.8) is 0 Å². The number of nitrogens with one attached hydrogen (secondary N) is 1. The Hall–Kier alpha value is -2.00. The molecule has 0 spiro atoms. The number of hydrogen-bond donors (Lipinski definition) is 1. The number of hydrogen-bond acceptors (Lipinski definition) is 2. The highest BCUT2D eigenvalue weighted by molar-refractivity contribution is 6.33. The third-order valence-electron chi connectivity index (χ3n) is 3.18. The second-order valence-corrected chi connectivity index (χ2v) is 5.10. The van der Waals surface area contributed by atoms with E-state index in [0.717, 1.165) is 18.6 Å². The van der Waals surface area contributed by atoms with Crippen LogP contribution in [0.15, 0.2) is 48.5 Å². The molecule has 1 amide bonds. The second-order valence-electron chi connectivity index (χ2n) is 4.69. The first-order chi connectivity index (χ1) is 10.2. The summed E-state index contributed by atoms with van der Waals surface area (Å²) >= 11 is 5.99. The molecule has 0 heterocycles. The predicted octanol–water partition coefficient (Wildman–Crippen LogP) is 3.71. The van der Waals surface area contributed by atoms with Crippen molar-refractivity contribution in [3.05, 3.63) is 64.7 Å². The second kappa shape index (κ2) is 7.70. The third-order valence-corrected chi connectivity index (χ3v) is 3.51. The van der Waals surface area contributed by atoms with E-state index in [1.165, 1.54) is 5.56 Å². The Balaban J connectivity index is 1.79. The summed E-state index contributed by atoms with van der Waals surface area (Å²) in [4.78, 5) is 12.0. The van der Waals surface area contributed by atoms with Crippen LogP contribution in [0.1, 0.15) is 22.3 Å². The maximum atomic E-state index is 12.0. The Morgan fingerprint density at radius 3 is 2.76 bits per heavy atom. The molecule has 0 aliphatic heterocycles. The number of aryl methyl sites for hydroxylation is 1. The zero-order chi connectivity index (χ0) is 15.1. The van der Waals surface area contributed by atoms with Gasteiger partial charge in [-0.15, -0.1) is 0 Å². The minimum absolute atomic E-state index is 0.133. The highest BCUT2D eigenvalue weighted by Gasteiger charge is 2.08. The Kier molecular flexibility index (Phi) is 5.64. The number of benzene rings is 2. The average molecular weight is 304 g/mol. The lowest BCUT2D eigenvalue weighted by Crippen LogP contribution is -2.25. The van der Waals surface area contributed by atoms with Crippen LogP contribution >= 0.6 is 11.6 Å². The van der Waals surface area contributed by atoms with Gasteiger partial charge in [-0.05, 0) is 42.7 Å². The van der Waals surface area contributed by atoms with Crippen molar-refractivity contribution in [2.24, 2.45) is 0 Å². The number of carbonyl (C=O) groups is 1. The van der Waals surface area contributed by atoms with Gasteiger partial charge in [-0.1, -0.05) is 35.9 Å². The fourth-order valence-electron chi connectivity index (χ4n) is 2.06. The fourth-order valence-corrected chi connectivity index (χ4v) is 2.28. The van der Waals surface area contributed by atoms with E-state index in [2.05, 4.69) is 11.4 Å². The summed E-state index contributed by atoms with van der Waals surface area (Å²) < 4.78 is 5.19. The van der Waals surface area contributed by atoms with Crippen LogP contribution in [-0.4, -0.2) is 19.6 Å². The molecular formula is C17H18ClNO2. The van der Waals surface area contributed by atoms with Gasteiger partial charge in [-0.3, -0.25) is 4.79 Å². The molecule has 1 N–H and O–H groups in total. The zero-order valence-electron chi connectivity index (χ0n) is 11.9. The Bertz CT molecular complexity index is 613. The summed E-state index contributed by atoms with van der Waals surface area (Å²) in [7, 11) is 1.66. The van der Waals surface area contributed by atoms with Crippen LogP contribution in [0, 0.1) is 0 Å². The molecule has 0 unspecified atom stereocenters. The third kappa shape index (κ3) is 4.50. The van der Waals surface area contributed by atoms with Gasteiger partial charge in [0.2, 0.25) is 0 Å². The van der Waals surface area contributed by atoms with Gasteiger partial charge in [0.1, 0.15) is 5.75 Å². The van der Waals surface area contributed by atoms with Gasteiger partial charge >= 0.3 is 0 Å². The van der Waals surface area contributed by atoms with Crippen molar-refractivity contribution in [2.75, 3.05) is 13.7 Å². The molecule has 0 aliphatic carbocycles. The van der Waals surface area contributed by atoms with E-state index in [1.807, 2.05) is 24.3 Å². The topological polar surface area (TPSA) is 38.3 Å². The van der Waals surface area contributed by atoms with E-state index < -0.39 is 0 Å². The minimum Gasteiger partial charge on any atom is -0.497 e. The number of amides is 1. The maximum absolute atomic E-state index is 12.0. The fraction of sp³-hybridized carbons (Fsp3) is 0.235. The van der Waals surface area contributed by atoms with Crippen molar-refractivity contribution in [1.82, 2.24) is 5.32 Å². The molecule has 0 radical (unpaired) electrons. The van der Waals surface area contributed by atoms with E-state index in [9.17, 15) is 4.79 Å². The van der Waals surface area contributed by atoms with Gasteiger partial charge < -0.3 is 10.1 Å². The lowest BCUT2D eigenvalue weighted by molar-refractivity contribution is 0.0953. The van der Waals surface area contributed by atoms with Crippen LogP contribution < -0.4 is 10.1 Å². The van der Waals surface area contributed by atoms with Crippen molar-refractivity contribution in [1.29, 1.82) is 0 Å². The number of ether oxygens (including phenoxy) is 1. The summed E-state index contributed by atoms with van der Waals surface area (Å²) in [6, 6.07) is 15.0. The lowest BCUT2D eigenvalue weighted by atomic mass is 10.1. The summed E-state index contributed by atoms with van der Waals surface area (Å²) in [6.07, 6.45) is 1.75. The maximum Gasteiger partial charge on any atom is 0.252 e. The van der Waals surface area contributed by atoms with Gasteiger partial charge in [-0.25, -0.2) is 0 Å². The molecule has 110 valence electrons. The van der Waals surface area contributed by atoms with Gasteiger partial charge in [-0.2, -0.15) is 0 Å². The number of rotatable bonds is 6. The van der Waals surface area contributed by atoms with Crippen molar-refractivity contribution >= 4 is 17.5 Å². The number of methoxy groups -OCH3 is 1. The molecule has 2 rings (SSSR count). The molecule has 4 heteroatoms. The Labute approximate surface area is 129 Å². The predicted molar refractivity (Wildman–Crippen MR) is 85.1 cm³/mol. The first kappa shape index (κ1) is 15.4. The molecule has 0 saturated carbocycles. The van der Waals surface area contributed by atoms with Gasteiger partial charge in [0.05, 0.1) is 17.7 Å². The van der Waals surface area contributed by atoms with Gasteiger partial charge in [0.25, 0.3) is 5.91 Å². The van der Waals surface area contributed by atoms with Crippen molar-refractivity contribution in [3.8, 4) is 5.75 Å². The summed E-state index contributed by atoms with van der Waals surface area (Å²) in [5.41, 5.74) is 1.71. The summed E-state index contributed by atoms with van der Waals surface area (Å²) in [6.45, 7) is 0.612. The first-order valence-corrected chi connectivity index (χ1v) is 7.24. The normalized spacial score (nSPS) is 10.2. The first-order valence-electron chi connectivity index (χ1n) is 6.86. The van der Waals surface area contributed by atoms with Gasteiger partial charge in [0.15, 0.2) is 0 Å². The van der Waals surface area contributed by atoms with E-state index in [4.69, 9.17) is 16.3 Å². The standard InChI is InChI=1S/C17H18ClNO2/c1-21-14-8-4-6-13(12-14)7-5-11-19-17(20)15-9-2-3-10-16(15)18/h2-4,6,8-10,12H,5,7,11H2,1H3,(H,19,20). The zero-order valence-corrected chi connectivity index (χ0v) is 12.7. The highest BCUT2D eigenvalue weighted by Crippen LogP contribution is 2.15. The molecule has 0 atom stereocenters. The number of halogens is 1. The van der Waals surface area contributed by atoms with E-state index in [-0.39, 0.29) is 5.91 Å². The van der Waals surface area contributed by atoms with Crippen LogP contribution in [0.5, 0.6) is 5.75 Å². The molecule has 21 heavy (non-hydrogen) atoms. The van der Waals surface area contributed by atoms with E-state index in [1.54, 1.807) is 25.3 Å². The van der Waals surface area contributed by atoms with Crippen LogP contribution in [0.2, 0.25) is 5.02 Å². The molecule has 3 nitrogen and oxygen atoms in total. The summed E-state index contributed by atoms with van der Waals surface area (Å²) in [5.74, 6) is 0.721. The van der Waals surface area contributed by atoms with Crippen LogP contribution in [0.4, 0.5) is 0 Å². The van der Waals surface area contributed by atoms with Crippen molar-refractivity contribution in [2.45, 2.75) is 12.8 Å². The molecule has 2 aromatic rings.